The maximum absolute atomic E-state index is 13.0. The minimum absolute atomic E-state index is 0.0288. The van der Waals surface area contributed by atoms with Crippen molar-refractivity contribution in [2.75, 3.05) is 30.2 Å². The average Bonchev–Trinajstić information content (AvgIpc) is 3.07. The van der Waals surface area contributed by atoms with Gasteiger partial charge in [-0.05, 0) is 79.3 Å². The summed E-state index contributed by atoms with van der Waals surface area (Å²) in [6, 6.07) is 15.3. The molecule has 3 aromatic rings. The van der Waals surface area contributed by atoms with E-state index in [4.69, 9.17) is 9.47 Å². The first-order chi connectivity index (χ1) is 18.4. The lowest BCUT2D eigenvalue weighted by atomic mass is 9.87. The highest BCUT2D eigenvalue weighted by Gasteiger charge is 2.27. The molecule has 38 heavy (non-hydrogen) atoms. The van der Waals surface area contributed by atoms with Gasteiger partial charge in [-0.25, -0.2) is 0 Å². The molecule has 0 spiro atoms. The van der Waals surface area contributed by atoms with Gasteiger partial charge in [-0.2, -0.15) is 0 Å². The number of hydrogen-bond donors (Lipinski definition) is 3. The van der Waals surface area contributed by atoms with Crippen LogP contribution in [0.2, 0.25) is 0 Å². The van der Waals surface area contributed by atoms with Crippen molar-refractivity contribution < 1.29 is 24.0 Å². The summed E-state index contributed by atoms with van der Waals surface area (Å²) in [5, 5.41) is 20.5. The quantitative estimate of drug-likeness (QED) is 0.282. The van der Waals surface area contributed by atoms with Gasteiger partial charge in [-0.15, -0.1) is 0 Å². The van der Waals surface area contributed by atoms with E-state index in [1.54, 1.807) is 43.5 Å². The third kappa shape index (κ3) is 5.03. The highest BCUT2D eigenvalue weighted by atomic mass is 16.6. The zero-order valence-electron chi connectivity index (χ0n) is 21.1. The van der Waals surface area contributed by atoms with E-state index >= 15 is 0 Å². The molecule has 1 fully saturated rings. The Morgan fingerprint density at radius 3 is 2.37 bits per heavy atom. The van der Waals surface area contributed by atoms with Crippen molar-refractivity contribution in [1.29, 1.82) is 0 Å². The number of ether oxygens (including phenoxy) is 2. The minimum atomic E-state index is -0.495. The van der Waals surface area contributed by atoms with Gasteiger partial charge < -0.3 is 25.4 Å². The number of benzene rings is 3. The standard InChI is InChI=1S/C28H28N4O6/c1-37-20-8-3-16(4-9-20)27(33)29-19-7-11-22-24(15-19)31-28(34)21-10-5-17(13-23(21)30-22)18-6-12-25(32(35)36)26(14-18)38-2/h5-7,10-16,20,30H,3-4,8-9H2,1-2H3,(H,29,33)(H,31,34). The van der Waals surface area contributed by atoms with Crippen molar-refractivity contribution in [3.05, 3.63) is 70.3 Å². The molecule has 2 amide bonds. The van der Waals surface area contributed by atoms with Crippen LogP contribution in [0.4, 0.5) is 28.4 Å². The first-order valence-corrected chi connectivity index (χ1v) is 12.4. The van der Waals surface area contributed by atoms with E-state index in [0.717, 1.165) is 31.2 Å². The molecular weight excluding hydrogens is 488 g/mol. The van der Waals surface area contributed by atoms with Crippen LogP contribution in [-0.2, 0) is 9.53 Å². The number of hydrogen-bond acceptors (Lipinski definition) is 7. The Balaban J connectivity index is 1.37. The Morgan fingerprint density at radius 1 is 0.921 bits per heavy atom. The van der Waals surface area contributed by atoms with E-state index in [9.17, 15) is 19.7 Å². The van der Waals surface area contributed by atoms with Crippen molar-refractivity contribution in [3.63, 3.8) is 0 Å². The van der Waals surface area contributed by atoms with Crippen molar-refractivity contribution in [2.45, 2.75) is 31.8 Å². The summed E-state index contributed by atoms with van der Waals surface area (Å²) in [5.74, 6) is -0.229. The smallest absolute Gasteiger partial charge is 0.310 e. The SMILES string of the molecule is COc1cc(-c2ccc3c(c2)Nc2ccc(NC(=O)C4CCC(OC)CC4)cc2NC3=O)ccc1[N+](=O)[O-]. The molecule has 2 aliphatic rings. The second kappa shape index (κ2) is 10.5. The zero-order valence-corrected chi connectivity index (χ0v) is 21.1. The number of nitro groups is 1. The molecular formula is C28H28N4O6. The van der Waals surface area contributed by atoms with Crippen LogP contribution >= 0.6 is 0 Å². The lowest BCUT2D eigenvalue weighted by molar-refractivity contribution is -0.385. The first-order valence-electron chi connectivity index (χ1n) is 12.4. The molecule has 0 unspecified atom stereocenters. The average molecular weight is 517 g/mol. The maximum atomic E-state index is 13.0. The second-order valence-electron chi connectivity index (χ2n) is 9.44. The Hall–Kier alpha value is -4.44. The number of anilines is 4. The number of carbonyl (C=O) groups excluding carboxylic acids is 2. The summed E-state index contributed by atoms with van der Waals surface area (Å²) in [6.45, 7) is 0. The summed E-state index contributed by atoms with van der Waals surface area (Å²) in [4.78, 5) is 36.6. The van der Waals surface area contributed by atoms with Gasteiger partial charge in [-0.3, -0.25) is 19.7 Å². The van der Waals surface area contributed by atoms with Gasteiger partial charge in [0.25, 0.3) is 5.91 Å². The Morgan fingerprint density at radius 2 is 1.66 bits per heavy atom. The van der Waals surface area contributed by atoms with Crippen LogP contribution < -0.4 is 20.7 Å². The highest BCUT2D eigenvalue weighted by molar-refractivity contribution is 6.13. The molecule has 1 aliphatic heterocycles. The van der Waals surface area contributed by atoms with Crippen LogP contribution in [0.15, 0.2) is 54.6 Å². The number of methoxy groups -OCH3 is 2. The summed E-state index contributed by atoms with van der Waals surface area (Å²) < 4.78 is 10.6. The van der Waals surface area contributed by atoms with Crippen molar-refractivity contribution in [2.24, 2.45) is 5.92 Å². The summed E-state index contributed by atoms with van der Waals surface area (Å²) in [6.07, 6.45) is 3.52. The number of fused-ring (bicyclic) bond motifs is 2. The van der Waals surface area contributed by atoms with E-state index in [-0.39, 0.29) is 35.3 Å². The van der Waals surface area contributed by atoms with Crippen LogP contribution in [0.25, 0.3) is 11.1 Å². The summed E-state index contributed by atoms with van der Waals surface area (Å²) in [7, 11) is 3.09. The largest absolute Gasteiger partial charge is 0.490 e. The Kier molecular flexibility index (Phi) is 6.97. The van der Waals surface area contributed by atoms with Crippen molar-refractivity contribution in [1.82, 2.24) is 0 Å². The normalized spacial score (nSPS) is 18.2. The van der Waals surface area contributed by atoms with Crippen LogP contribution in [0.5, 0.6) is 5.75 Å². The molecule has 1 saturated carbocycles. The van der Waals surface area contributed by atoms with Crippen LogP contribution in [0.3, 0.4) is 0 Å². The van der Waals surface area contributed by atoms with Gasteiger partial charge in [0.15, 0.2) is 5.75 Å². The van der Waals surface area contributed by atoms with Gasteiger partial charge in [0.2, 0.25) is 5.91 Å². The molecule has 0 bridgehead atoms. The molecule has 3 N–H and O–H groups in total. The lowest BCUT2D eigenvalue weighted by Crippen LogP contribution is -2.29. The minimum Gasteiger partial charge on any atom is -0.490 e. The fourth-order valence-corrected chi connectivity index (χ4v) is 5.01. The number of nitro benzene ring substituents is 1. The van der Waals surface area contributed by atoms with Gasteiger partial charge in [-0.1, -0.05) is 6.07 Å². The Bertz CT molecular complexity index is 1410. The Labute approximate surface area is 219 Å². The molecule has 10 heteroatoms. The number of rotatable bonds is 6. The van der Waals surface area contributed by atoms with E-state index in [1.807, 2.05) is 12.1 Å². The highest BCUT2D eigenvalue weighted by Crippen LogP contribution is 2.38. The molecule has 1 aliphatic carbocycles. The number of amides is 2. The third-order valence-corrected chi connectivity index (χ3v) is 7.16. The first kappa shape index (κ1) is 25.2. The molecule has 0 saturated heterocycles. The number of carbonyl (C=O) groups is 2. The number of nitrogens with zero attached hydrogens (tertiary/aromatic N) is 1. The van der Waals surface area contributed by atoms with E-state index < -0.39 is 4.92 Å². The molecule has 1 heterocycles. The lowest BCUT2D eigenvalue weighted by Gasteiger charge is -2.26. The fourth-order valence-electron chi connectivity index (χ4n) is 5.01. The monoisotopic (exact) mass is 516 g/mol. The van der Waals surface area contributed by atoms with Gasteiger partial charge in [0, 0.05) is 24.8 Å². The molecule has 0 atom stereocenters. The third-order valence-electron chi connectivity index (χ3n) is 7.16. The van der Waals surface area contributed by atoms with Crippen LogP contribution in [0, 0.1) is 16.0 Å². The number of nitrogens with one attached hydrogen (secondary N) is 3. The summed E-state index contributed by atoms with van der Waals surface area (Å²) >= 11 is 0. The molecule has 5 rings (SSSR count). The fraction of sp³-hybridized carbons (Fsp3) is 0.286. The predicted molar refractivity (Wildman–Crippen MR) is 144 cm³/mol. The molecule has 3 aromatic carbocycles. The molecule has 0 radical (unpaired) electrons. The van der Waals surface area contributed by atoms with E-state index in [0.29, 0.717) is 33.9 Å². The molecule has 0 aromatic heterocycles. The predicted octanol–water partition coefficient (Wildman–Crippen LogP) is 5.72. The van der Waals surface area contributed by atoms with Gasteiger partial charge in [0.1, 0.15) is 0 Å². The maximum Gasteiger partial charge on any atom is 0.310 e. The van der Waals surface area contributed by atoms with Gasteiger partial charge >= 0.3 is 5.69 Å². The van der Waals surface area contributed by atoms with E-state index in [1.165, 1.54) is 13.2 Å². The molecule has 196 valence electrons. The van der Waals surface area contributed by atoms with Crippen molar-refractivity contribution in [3.8, 4) is 16.9 Å². The second-order valence-corrected chi connectivity index (χ2v) is 9.44. The topological polar surface area (TPSA) is 132 Å². The zero-order chi connectivity index (χ0) is 26.8. The van der Waals surface area contributed by atoms with Gasteiger partial charge in [0.05, 0.1) is 40.8 Å². The van der Waals surface area contributed by atoms with Crippen LogP contribution in [0.1, 0.15) is 36.0 Å². The molecule has 10 nitrogen and oxygen atoms in total. The van der Waals surface area contributed by atoms with Crippen LogP contribution in [-0.4, -0.2) is 37.1 Å². The van der Waals surface area contributed by atoms with E-state index in [2.05, 4.69) is 16.0 Å². The van der Waals surface area contributed by atoms with Crippen molar-refractivity contribution >= 4 is 40.3 Å². The summed E-state index contributed by atoms with van der Waals surface area (Å²) in [5.41, 5.74) is 4.20.